The van der Waals surface area contributed by atoms with Crippen LogP contribution < -0.4 is 5.01 Å². The topological polar surface area (TPSA) is 71.6 Å². The number of anilines is 1. The number of hydrazone groups is 1. The van der Waals surface area contributed by atoms with Crippen molar-refractivity contribution < 1.29 is 4.92 Å². The van der Waals surface area contributed by atoms with Gasteiger partial charge in [0.1, 0.15) is 0 Å². The predicted octanol–water partition coefficient (Wildman–Crippen LogP) is 2.32. The first-order chi connectivity index (χ1) is 7.10. The molecule has 0 unspecified atom stereocenters. The fourth-order valence-corrected chi connectivity index (χ4v) is 1.28. The van der Waals surface area contributed by atoms with Gasteiger partial charge in [-0.15, -0.1) is 0 Å². The van der Waals surface area contributed by atoms with Gasteiger partial charge in [-0.25, -0.2) is 5.01 Å². The lowest BCUT2D eigenvalue weighted by Gasteiger charge is -2.12. The van der Waals surface area contributed by atoms with Crippen LogP contribution in [0.25, 0.3) is 0 Å². The SMILES string of the molecule is C=CN(N=C)c1cc(Br)cnc1[N+](=O)[O-]. The lowest BCUT2D eigenvalue weighted by Crippen LogP contribution is -2.09. The Morgan fingerprint density at radius 1 is 1.73 bits per heavy atom. The molecule has 1 aromatic rings. The highest BCUT2D eigenvalue weighted by Crippen LogP contribution is 2.28. The number of aromatic nitrogens is 1. The summed E-state index contributed by atoms with van der Waals surface area (Å²) in [5.41, 5.74) is 0.208. The van der Waals surface area contributed by atoms with Gasteiger partial charge in [-0.3, -0.25) is 0 Å². The van der Waals surface area contributed by atoms with E-state index < -0.39 is 4.92 Å². The van der Waals surface area contributed by atoms with Crippen molar-refractivity contribution in [2.75, 3.05) is 5.01 Å². The van der Waals surface area contributed by atoms with Crippen molar-refractivity contribution in [2.45, 2.75) is 0 Å². The number of halogens is 1. The summed E-state index contributed by atoms with van der Waals surface area (Å²) < 4.78 is 0.610. The Hall–Kier alpha value is -1.76. The molecule has 0 aromatic carbocycles. The van der Waals surface area contributed by atoms with E-state index in [-0.39, 0.29) is 11.5 Å². The number of hydrogen-bond acceptors (Lipinski definition) is 5. The van der Waals surface area contributed by atoms with Crippen molar-refractivity contribution in [2.24, 2.45) is 5.10 Å². The van der Waals surface area contributed by atoms with Gasteiger partial charge in [0.2, 0.25) is 0 Å². The molecule has 0 spiro atoms. The third-order valence-corrected chi connectivity index (χ3v) is 1.99. The Morgan fingerprint density at radius 2 is 2.40 bits per heavy atom. The van der Waals surface area contributed by atoms with E-state index in [0.717, 1.165) is 0 Å². The lowest BCUT2D eigenvalue weighted by atomic mass is 10.4. The summed E-state index contributed by atoms with van der Waals surface area (Å²) in [6.45, 7) is 6.74. The zero-order valence-electron chi connectivity index (χ0n) is 7.63. The van der Waals surface area contributed by atoms with Gasteiger partial charge < -0.3 is 10.1 Å². The molecule has 0 saturated heterocycles. The molecule has 78 valence electrons. The van der Waals surface area contributed by atoms with E-state index in [1.807, 2.05) is 0 Å². The number of hydrogen-bond donors (Lipinski definition) is 0. The Morgan fingerprint density at radius 3 is 2.87 bits per heavy atom. The molecule has 0 aliphatic heterocycles. The number of rotatable bonds is 4. The second-order valence-electron chi connectivity index (χ2n) is 2.42. The van der Waals surface area contributed by atoms with Crippen LogP contribution in [0, 0.1) is 10.1 Å². The molecule has 0 fully saturated rings. The average molecular weight is 271 g/mol. The molecular weight excluding hydrogens is 264 g/mol. The Bertz CT molecular complexity index is 413. The summed E-state index contributed by atoms with van der Waals surface area (Å²) >= 11 is 3.16. The zero-order chi connectivity index (χ0) is 11.4. The minimum absolute atomic E-state index is 0.208. The van der Waals surface area contributed by atoms with Gasteiger partial charge in [0.25, 0.3) is 0 Å². The molecule has 15 heavy (non-hydrogen) atoms. The van der Waals surface area contributed by atoms with E-state index in [2.05, 4.69) is 39.3 Å². The molecule has 0 radical (unpaired) electrons. The third-order valence-electron chi connectivity index (χ3n) is 1.56. The third kappa shape index (κ3) is 2.38. The monoisotopic (exact) mass is 270 g/mol. The molecule has 0 saturated carbocycles. The van der Waals surface area contributed by atoms with Crippen LogP contribution in [-0.4, -0.2) is 16.6 Å². The minimum atomic E-state index is -0.594. The van der Waals surface area contributed by atoms with Crippen molar-refractivity contribution >= 4 is 34.2 Å². The first-order valence-electron chi connectivity index (χ1n) is 3.78. The summed E-state index contributed by atoms with van der Waals surface area (Å²) in [6.07, 6.45) is 2.65. The highest BCUT2D eigenvalue weighted by Gasteiger charge is 2.19. The Labute approximate surface area is 94.2 Å². The maximum Gasteiger partial charge on any atom is 0.389 e. The van der Waals surface area contributed by atoms with Gasteiger partial charge >= 0.3 is 5.82 Å². The molecule has 0 N–H and O–H groups in total. The zero-order valence-corrected chi connectivity index (χ0v) is 9.22. The molecule has 0 amide bonds. The largest absolute Gasteiger partial charge is 0.389 e. The van der Waals surface area contributed by atoms with E-state index in [1.54, 1.807) is 0 Å². The second kappa shape index (κ2) is 4.65. The molecule has 0 atom stereocenters. The van der Waals surface area contributed by atoms with Crippen LogP contribution in [0.5, 0.6) is 0 Å². The normalized spacial score (nSPS) is 9.40. The van der Waals surface area contributed by atoms with E-state index >= 15 is 0 Å². The van der Waals surface area contributed by atoms with E-state index in [9.17, 15) is 10.1 Å². The standard InChI is InChI=1S/C8H7BrN4O2/c1-3-12(10-2)7-4-6(9)5-11-8(7)13(14)15/h3-5H,1-2H2. The number of pyridine rings is 1. The first kappa shape index (κ1) is 11.3. The highest BCUT2D eigenvalue weighted by atomic mass is 79.9. The smallest absolute Gasteiger partial charge is 0.358 e. The minimum Gasteiger partial charge on any atom is -0.358 e. The van der Waals surface area contributed by atoms with Gasteiger partial charge in [0, 0.05) is 12.9 Å². The van der Waals surface area contributed by atoms with Gasteiger partial charge in [0.05, 0.1) is 4.47 Å². The van der Waals surface area contributed by atoms with Gasteiger partial charge in [-0.2, -0.15) is 5.10 Å². The summed E-state index contributed by atoms with van der Waals surface area (Å²) in [6, 6.07) is 1.52. The fraction of sp³-hybridized carbons (Fsp3) is 0. The van der Waals surface area contributed by atoms with Crippen LogP contribution in [0.15, 0.2) is 34.6 Å². The summed E-state index contributed by atoms with van der Waals surface area (Å²) in [7, 11) is 0. The van der Waals surface area contributed by atoms with Crippen LogP contribution in [0.3, 0.4) is 0 Å². The van der Waals surface area contributed by atoms with E-state index in [4.69, 9.17) is 0 Å². The highest BCUT2D eigenvalue weighted by molar-refractivity contribution is 9.10. The molecule has 0 aliphatic carbocycles. The van der Waals surface area contributed by atoms with Crippen molar-refractivity contribution in [3.63, 3.8) is 0 Å². The Balaban J connectivity index is 3.34. The van der Waals surface area contributed by atoms with Crippen molar-refractivity contribution in [3.05, 3.63) is 39.6 Å². The fourth-order valence-electron chi connectivity index (χ4n) is 0.963. The number of nitro groups is 1. The number of nitrogens with zero attached hydrogens (tertiary/aromatic N) is 4. The van der Waals surface area contributed by atoms with E-state index in [0.29, 0.717) is 4.47 Å². The summed E-state index contributed by atoms with van der Waals surface area (Å²) in [5, 5.41) is 15.4. The molecular formula is C8H7BrN4O2. The lowest BCUT2D eigenvalue weighted by molar-refractivity contribution is -0.388. The molecule has 1 aromatic heterocycles. The van der Waals surface area contributed by atoms with Crippen LogP contribution >= 0.6 is 15.9 Å². The second-order valence-corrected chi connectivity index (χ2v) is 3.34. The maximum atomic E-state index is 10.7. The predicted molar refractivity (Wildman–Crippen MR) is 60.8 cm³/mol. The average Bonchev–Trinajstić information content (AvgIpc) is 2.19. The Kier molecular flexibility index (Phi) is 3.51. The van der Waals surface area contributed by atoms with Gasteiger partial charge in [-0.05, 0) is 31.9 Å². The van der Waals surface area contributed by atoms with Crippen molar-refractivity contribution in [1.82, 2.24) is 4.98 Å². The summed E-state index contributed by atoms with van der Waals surface area (Å²) in [5.74, 6) is -0.300. The molecule has 1 heterocycles. The van der Waals surface area contributed by atoms with Gasteiger partial charge in [0.15, 0.2) is 11.9 Å². The van der Waals surface area contributed by atoms with Crippen LogP contribution in [0.2, 0.25) is 0 Å². The molecule has 0 bridgehead atoms. The summed E-state index contributed by atoms with van der Waals surface area (Å²) in [4.78, 5) is 13.8. The molecule has 7 heteroatoms. The first-order valence-corrected chi connectivity index (χ1v) is 4.57. The van der Waals surface area contributed by atoms with Gasteiger partial charge in [-0.1, -0.05) is 6.58 Å². The molecule has 1 rings (SSSR count). The van der Waals surface area contributed by atoms with Crippen molar-refractivity contribution in [3.8, 4) is 0 Å². The van der Waals surface area contributed by atoms with Crippen LogP contribution in [-0.2, 0) is 0 Å². The quantitative estimate of drug-likeness (QED) is 0.478. The molecule has 0 aliphatic rings. The van der Waals surface area contributed by atoms with Crippen LogP contribution in [0.1, 0.15) is 0 Å². The molecule has 6 nitrogen and oxygen atoms in total. The van der Waals surface area contributed by atoms with Crippen molar-refractivity contribution in [1.29, 1.82) is 0 Å². The maximum absolute atomic E-state index is 10.7. The van der Waals surface area contributed by atoms with Crippen LogP contribution in [0.4, 0.5) is 11.5 Å². The van der Waals surface area contributed by atoms with E-state index in [1.165, 1.54) is 23.5 Å².